The summed E-state index contributed by atoms with van der Waals surface area (Å²) in [7, 11) is 2.08. The minimum Gasteiger partial charge on any atom is -0.389 e. The first kappa shape index (κ1) is 14.5. The molecule has 0 amide bonds. The molecule has 0 saturated heterocycles. The van der Waals surface area contributed by atoms with E-state index in [1.165, 1.54) is 6.42 Å². The van der Waals surface area contributed by atoms with Gasteiger partial charge in [0, 0.05) is 29.3 Å². The summed E-state index contributed by atoms with van der Waals surface area (Å²) < 4.78 is 1.01. The predicted octanol–water partition coefficient (Wildman–Crippen LogP) is 3.98. The molecule has 2 nitrogen and oxygen atoms in total. The highest BCUT2D eigenvalue weighted by molar-refractivity contribution is 9.10. The molecule has 3 heteroatoms. The highest BCUT2D eigenvalue weighted by Gasteiger charge is 2.13. The summed E-state index contributed by atoms with van der Waals surface area (Å²) in [5, 5.41) is 9.82. The fourth-order valence-electron chi connectivity index (χ4n) is 1.90. The lowest BCUT2D eigenvalue weighted by Gasteiger charge is -2.26. The van der Waals surface area contributed by atoms with Gasteiger partial charge in [-0.3, -0.25) is 0 Å². The van der Waals surface area contributed by atoms with Crippen LogP contribution in [0.15, 0.2) is 22.7 Å². The number of anilines is 1. The third-order valence-electron chi connectivity index (χ3n) is 3.13. The molecule has 96 valence electrons. The SMILES string of the molecule is CCC(C)CN(C)c1ccc(Br)cc1C(C)O. The number of hydrogen-bond acceptors (Lipinski definition) is 2. The van der Waals surface area contributed by atoms with Crippen LogP contribution < -0.4 is 4.90 Å². The second kappa shape index (κ2) is 6.41. The summed E-state index contributed by atoms with van der Waals surface area (Å²) in [6, 6.07) is 6.08. The average Bonchev–Trinajstić information content (AvgIpc) is 2.28. The van der Waals surface area contributed by atoms with E-state index in [-0.39, 0.29) is 0 Å². The molecule has 1 aromatic rings. The topological polar surface area (TPSA) is 23.5 Å². The van der Waals surface area contributed by atoms with E-state index in [1.807, 2.05) is 19.1 Å². The Labute approximate surface area is 113 Å². The molecule has 0 aliphatic carbocycles. The standard InChI is InChI=1S/C14H22BrNO/c1-5-10(2)9-16(4)14-7-6-12(15)8-13(14)11(3)17/h6-8,10-11,17H,5,9H2,1-4H3. The second-order valence-electron chi connectivity index (χ2n) is 4.77. The van der Waals surface area contributed by atoms with E-state index in [4.69, 9.17) is 0 Å². The van der Waals surface area contributed by atoms with Crippen LogP contribution in [0.2, 0.25) is 0 Å². The molecule has 2 atom stereocenters. The van der Waals surface area contributed by atoms with Crippen molar-refractivity contribution in [1.82, 2.24) is 0 Å². The summed E-state index contributed by atoms with van der Waals surface area (Å²) in [6.45, 7) is 7.27. The van der Waals surface area contributed by atoms with Crippen molar-refractivity contribution in [1.29, 1.82) is 0 Å². The fourth-order valence-corrected chi connectivity index (χ4v) is 2.28. The monoisotopic (exact) mass is 299 g/mol. The number of benzene rings is 1. The number of aliphatic hydroxyl groups excluding tert-OH is 1. The number of aliphatic hydroxyl groups is 1. The zero-order valence-corrected chi connectivity index (χ0v) is 12.7. The molecule has 0 aliphatic heterocycles. The number of hydrogen-bond donors (Lipinski definition) is 1. The molecular formula is C14H22BrNO. The van der Waals surface area contributed by atoms with Crippen LogP contribution in [0, 0.1) is 5.92 Å². The normalized spacial score (nSPS) is 14.5. The average molecular weight is 300 g/mol. The van der Waals surface area contributed by atoms with Gasteiger partial charge >= 0.3 is 0 Å². The van der Waals surface area contributed by atoms with E-state index in [0.717, 1.165) is 22.3 Å². The molecular weight excluding hydrogens is 278 g/mol. The van der Waals surface area contributed by atoms with Crippen molar-refractivity contribution in [2.45, 2.75) is 33.3 Å². The molecule has 0 bridgehead atoms. The maximum absolute atomic E-state index is 9.82. The summed E-state index contributed by atoms with van der Waals surface area (Å²) in [6.07, 6.45) is 0.729. The Bertz CT molecular complexity index is 365. The Balaban J connectivity index is 2.96. The molecule has 0 radical (unpaired) electrons. The molecule has 17 heavy (non-hydrogen) atoms. The highest BCUT2D eigenvalue weighted by Crippen LogP contribution is 2.29. The van der Waals surface area contributed by atoms with Crippen molar-refractivity contribution in [2.75, 3.05) is 18.5 Å². The van der Waals surface area contributed by atoms with Gasteiger partial charge in [0.15, 0.2) is 0 Å². The third kappa shape index (κ3) is 4.00. The van der Waals surface area contributed by atoms with E-state index in [9.17, 15) is 5.11 Å². The summed E-state index contributed by atoms with van der Waals surface area (Å²) in [4.78, 5) is 2.22. The minimum absolute atomic E-state index is 0.443. The maximum atomic E-state index is 9.82. The van der Waals surface area contributed by atoms with Crippen molar-refractivity contribution >= 4 is 21.6 Å². The van der Waals surface area contributed by atoms with Crippen LogP contribution in [0.5, 0.6) is 0 Å². The first-order valence-corrected chi connectivity index (χ1v) is 6.93. The summed E-state index contributed by atoms with van der Waals surface area (Å²) in [5.41, 5.74) is 2.09. The lowest BCUT2D eigenvalue weighted by molar-refractivity contribution is 0.199. The van der Waals surface area contributed by atoms with Gasteiger partial charge in [0.25, 0.3) is 0 Å². The molecule has 0 fully saturated rings. The molecule has 0 saturated carbocycles. The van der Waals surface area contributed by atoms with Crippen molar-refractivity contribution < 1.29 is 5.11 Å². The highest BCUT2D eigenvalue weighted by atomic mass is 79.9. The smallest absolute Gasteiger partial charge is 0.0782 e. The van der Waals surface area contributed by atoms with Crippen LogP contribution in [0.4, 0.5) is 5.69 Å². The lowest BCUT2D eigenvalue weighted by atomic mass is 10.1. The Hall–Kier alpha value is -0.540. The zero-order chi connectivity index (χ0) is 13.0. The molecule has 0 aliphatic rings. The van der Waals surface area contributed by atoms with Crippen molar-refractivity contribution in [2.24, 2.45) is 5.92 Å². The van der Waals surface area contributed by atoms with Crippen molar-refractivity contribution in [3.05, 3.63) is 28.2 Å². The quantitative estimate of drug-likeness (QED) is 0.889. The van der Waals surface area contributed by atoms with Crippen LogP contribution in [0.25, 0.3) is 0 Å². The Morgan fingerprint density at radius 1 is 1.35 bits per heavy atom. The van der Waals surface area contributed by atoms with Crippen LogP contribution in [-0.2, 0) is 0 Å². The van der Waals surface area contributed by atoms with Crippen molar-refractivity contribution in [3.8, 4) is 0 Å². The van der Waals surface area contributed by atoms with Crippen LogP contribution in [-0.4, -0.2) is 18.7 Å². The van der Waals surface area contributed by atoms with Gasteiger partial charge in [-0.15, -0.1) is 0 Å². The first-order valence-electron chi connectivity index (χ1n) is 6.14. The Morgan fingerprint density at radius 3 is 2.53 bits per heavy atom. The van der Waals surface area contributed by atoms with Gasteiger partial charge in [-0.05, 0) is 31.0 Å². The van der Waals surface area contributed by atoms with Crippen molar-refractivity contribution in [3.63, 3.8) is 0 Å². The molecule has 1 aromatic carbocycles. The third-order valence-corrected chi connectivity index (χ3v) is 3.63. The Kier molecular flexibility index (Phi) is 5.47. The first-order chi connectivity index (χ1) is 7.95. The number of halogens is 1. The molecule has 0 spiro atoms. The van der Waals surface area contributed by atoms with Crippen LogP contribution in [0.1, 0.15) is 38.9 Å². The molecule has 0 aromatic heterocycles. The van der Waals surface area contributed by atoms with Crippen LogP contribution in [0.3, 0.4) is 0 Å². The molecule has 2 unspecified atom stereocenters. The van der Waals surface area contributed by atoms with E-state index in [0.29, 0.717) is 5.92 Å². The summed E-state index contributed by atoms with van der Waals surface area (Å²) >= 11 is 3.45. The number of nitrogens with zero attached hydrogens (tertiary/aromatic N) is 1. The minimum atomic E-state index is -0.443. The maximum Gasteiger partial charge on any atom is 0.0782 e. The van der Waals surface area contributed by atoms with E-state index >= 15 is 0 Å². The van der Waals surface area contributed by atoms with E-state index < -0.39 is 6.10 Å². The molecule has 0 heterocycles. The van der Waals surface area contributed by atoms with Gasteiger partial charge in [0.05, 0.1) is 6.10 Å². The van der Waals surface area contributed by atoms with E-state index in [2.05, 4.69) is 47.8 Å². The van der Waals surface area contributed by atoms with Gasteiger partial charge in [-0.1, -0.05) is 36.2 Å². The fraction of sp³-hybridized carbons (Fsp3) is 0.571. The zero-order valence-electron chi connectivity index (χ0n) is 11.1. The predicted molar refractivity (Wildman–Crippen MR) is 77.5 cm³/mol. The largest absolute Gasteiger partial charge is 0.389 e. The van der Waals surface area contributed by atoms with Gasteiger partial charge in [0.2, 0.25) is 0 Å². The van der Waals surface area contributed by atoms with Gasteiger partial charge < -0.3 is 10.0 Å². The number of rotatable bonds is 5. The lowest BCUT2D eigenvalue weighted by Crippen LogP contribution is -2.25. The Morgan fingerprint density at radius 2 is 2.00 bits per heavy atom. The van der Waals surface area contributed by atoms with Crippen LogP contribution >= 0.6 is 15.9 Å². The van der Waals surface area contributed by atoms with E-state index in [1.54, 1.807) is 0 Å². The molecule has 1 N–H and O–H groups in total. The van der Waals surface area contributed by atoms with Gasteiger partial charge in [-0.2, -0.15) is 0 Å². The molecule has 1 rings (SSSR count). The van der Waals surface area contributed by atoms with Gasteiger partial charge in [0.1, 0.15) is 0 Å². The second-order valence-corrected chi connectivity index (χ2v) is 5.69. The van der Waals surface area contributed by atoms with Gasteiger partial charge in [-0.25, -0.2) is 0 Å². The summed E-state index contributed by atoms with van der Waals surface area (Å²) in [5.74, 6) is 0.658.